The lowest BCUT2D eigenvalue weighted by Gasteiger charge is -2.20. The highest BCUT2D eigenvalue weighted by atomic mass is 19.4. The second kappa shape index (κ2) is 8.30. The van der Waals surface area contributed by atoms with Crippen LogP contribution in [0.25, 0.3) is 0 Å². The van der Waals surface area contributed by atoms with Crippen LogP contribution >= 0.6 is 0 Å². The van der Waals surface area contributed by atoms with E-state index in [1.54, 1.807) is 0 Å². The lowest BCUT2D eigenvalue weighted by molar-refractivity contribution is -0.137. The summed E-state index contributed by atoms with van der Waals surface area (Å²) in [5.41, 5.74) is -1.34. The van der Waals surface area contributed by atoms with Crippen molar-refractivity contribution in [2.75, 3.05) is 25.0 Å². The fourth-order valence-electron chi connectivity index (χ4n) is 3.71. The molecule has 0 unspecified atom stereocenters. The van der Waals surface area contributed by atoms with Crippen molar-refractivity contribution in [3.63, 3.8) is 0 Å². The molecule has 1 saturated carbocycles. The number of nitrogens with one attached hydrogen (secondary N) is 3. The fraction of sp³-hybridized carbons (Fsp3) is 0.526. The minimum absolute atomic E-state index is 0.187. The van der Waals surface area contributed by atoms with Crippen molar-refractivity contribution in [2.45, 2.75) is 43.8 Å². The van der Waals surface area contributed by atoms with Gasteiger partial charge in [0.05, 0.1) is 12.1 Å². The van der Waals surface area contributed by atoms with E-state index in [4.69, 9.17) is 0 Å². The number of amides is 4. The van der Waals surface area contributed by atoms with Crippen LogP contribution in [0.4, 0.5) is 23.7 Å². The Hall–Kier alpha value is -2.78. The summed E-state index contributed by atoms with van der Waals surface area (Å²) in [6.07, 6.45) is -0.914. The van der Waals surface area contributed by atoms with E-state index in [2.05, 4.69) is 16.0 Å². The van der Waals surface area contributed by atoms with Crippen molar-refractivity contribution in [2.24, 2.45) is 0 Å². The fourth-order valence-corrected chi connectivity index (χ4v) is 3.71. The number of alkyl halides is 3. The van der Waals surface area contributed by atoms with Gasteiger partial charge in [0, 0.05) is 18.8 Å². The third-order valence-electron chi connectivity index (χ3n) is 5.23. The zero-order valence-electron chi connectivity index (χ0n) is 15.8. The molecule has 1 saturated heterocycles. The summed E-state index contributed by atoms with van der Waals surface area (Å²) in [6, 6.07) is 4.20. The predicted octanol–water partition coefficient (Wildman–Crippen LogP) is 2.49. The molecule has 0 radical (unpaired) electrons. The number of carbonyl (C=O) groups excluding carboxylic acids is 3. The highest BCUT2D eigenvalue weighted by molar-refractivity contribution is 6.07. The Morgan fingerprint density at radius 3 is 2.62 bits per heavy atom. The Labute approximate surface area is 166 Å². The summed E-state index contributed by atoms with van der Waals surface area (Å²) < 4.78 is 38.1. The molecule has 1 heterocycles. The average molecular weight is 412 g/mol. The average Bonchev–Trinajstić information content (AvgIpc) is 3.23. The second-order valence-electron chi connectivity index (χ2n) is 7.31. The van der Waals surface area contributed by atoms with Gasteiger partial charge in [-0.05, 0) is 37.5 Å². The van der Waals surface area contributed by atoms with E-state index in [9.17, 15) is 27.6 Å². The molecule has 1 aliphatic heterocycles. The predicted molar refractivity (Wildman–Crippen MR) is 99.0 cm³/mol. The van der Waals surface area contributed by atoms with Crippen LogP contribution in [0, 0.1) is 0 Å². The number of imide groups is 1. The van der Waals surface area contributed by atoms with Crippen molar-refractivity contribution in [3.8, 4) is 0 Å². The largest absolute Gasteiger partial charge is 0.416 e. The number of nitrogens with zero attached hydrogens (tertiary/aromatic N) is 1. The first-order chi connectivity index (χ1) is 13.7. The lowest BCUT2D eigenvalue weighted by atomic mass is 9.98. The van der Waals surface area contributed by atoms with E-state index in [0.29, 0.717) is 19.3 Å². The molecule has 0 aromatic heterocycles. The first kappa shape index (κ1) is 20.9. The molecule has 3 N–H and O–H groups in total. The molecular formula is C19H23F3N4O3. The topological polar surface area (TPSA) is 90.5 Å². The zero-order valence-corrected chi connectivity index (χ0v) is 15.8. The van der Waals surface area contributed by atoms with Gasteiger partial charge in [0.2, 0.25) is 5.91 Å². The number of rotatable bonds is 7. The normalized spacial score (nSPS) is 18.2. The first-order valence-electron chi connectivity index (χ1n) is 9.53. The number of anilines is 1. The maximum Gasteiger partial charge on any atom is 0.416 e. The van der Waals surface area contributed by atoms with E-state index >= 15 is 0 Å². The van der Waals surface area contributed by atoms with Gasteiger partial charge in [-0.25, -0.2) is 4.79 Å². The Bertz CT molecular complexity index is 791. The molecule has 158 valence electrons. The molecular weight excluding hydrogens is 389 g/mol. The summed E-state index contributed by atoms with van der Waals surface area (Å²) in [4.78, 5) is 37.6. The summed E-state index contributed by atoms with van der Waals surface area (Å²) in [5.74, 6) is -0.593. The van der Waals surface area contributed by atoms with E-state index < -0.39 is 29.2 Å². The smallest absolute Gasteiger partial charge is 0.376 e. The monoisotopic (exact) mass is 412 g/mol. The maximum absolute atomic E-state index is 12.7. The van der Waals surface area contributed by atoms with Gasteiger partial charge in [-0.2, -0.15) is 13.2 Å². The number of hydrogen-bond donors (Lipinski definition) is 3. The minimum atomic E-state index is -4.45. The van der Waals surface area contributed by atoms with Crippen molar-refractivity contribution >= 4 is 23.5 Å². The Morgan fingerprint density at radius 1 is 1.21 bits per heavy atom. The lowest BCUT2D eigenvalue weighted by Crippen LogP contribution is -2.44. The molecule has 29 heavy (non-hydrogen) atoms. The molecule has 2 fully saturated rings. The third-order valence-corrected chi connectivity index (χ3v) is 5.23. The van der Waals surface area contributed by atoms with E-state index in [-0.39, 0.29) is 31.2 Å². The SMILES string of the molecule is O=C(CNc1cccc(C(F)(F)F)c1)NCCCN1C(=O)NC2(CCCC2)C1=O. The van der Waals surface area contributed by atoms with E-state index in [0.717, 1.165) is 25.0 Å². The highest BCUT2D eigenvalue weighted by Crippen LogP contribution is 2.35. The van der Waals surface area contributed by atoms with Gasteiger partial charge in [0.1, 0.15) is 5.54 Å². The number of carbonyl (C=O) groups is 3. The molecule has 1 spiro atoms. The van der Waals surface area contributed by atoms with Gasteiger partial charge >= 0.3 is 12.2 Å². The van der Waals surface area contributed by atoms with Crippen LogP contribution in [0.3, 0.4) is 0 Å². The van der Waals surface area contributed by atoms with Crippen molar-refractivity contribution in [1.82, 2.24) is 15.5 Å². The van der Waals surface area contributed by atoms with Crippen LogP contribution in [0.15, 0.2) is 24.3 Å². The van der Waals surface area contributed by atoms with Gasteiger partial charge < -0.3 is 16.0 Å². The van der Waals surface area contributed by atoms with Crippen molar-refractivity contribution < 1.29 is 27.6 Å². The van der Waals surface area contributed by atoms with E-state index in [1.807, 2.05) is 0 Å². The van der Waals surface area contributed by atoms with Gasteiger partial charge in [-0.3, -0.25) is 14.5 Å². The molecule has 10 heteroatoms. The number of benzene rings is 1. The molecule has 4 amide bonds. The molecule has 0 atom stereocenters. The Morgan fingerprint density at radius 2 is 1.93 bits per heavy atom. The standard InChI is InChI=1S/C19H23F3N4O3/c20-19(21,22)13-5-3-6-14(11-13)24-12-15(27)23-9-4-10-26-16(28)18(25-17(26)29)7-1-2-8-18/h3,5-6,11,24H,1-2,4,7-10,12H2,(H,23,27)(H,25,29). The molecule has 7 nitrogen and oxygen atoms in total. The molecule has 1 aromatic carbocycles. The molecule has 2 aliphatic rings. The summed E-state index contributed by atoms with van der Waals surface area (Å²) in [6.45, 7) is 0.258. The van der Waals surface area contributed by atoms with Gasteiger partial charge in [0.15, 0.2) is 0 Å². The summed E-state index contributed by atoms with van der Waals surface area (Å²) >= 11 is 0. The van der Waals surface area contributed by atoms with Gasteiger partial charge in [-0.1, -0.05) is 18.9 Å². The van der Waals surface area contributed by atoms with Crippen LogP contribution in [0.5, 0.6) is 0 Å². The number of halogens is 3. The number of urea groups is 1. The highest BCUT2D eigenvalue weighted by Gasteiger charge is 2.51. The number of hydrogen-bond acceptors (Lipinski definition) is 4. The molecule has 1 aliphatic carbocycles. The summed E-state index contributed by atoms with van der Waals surface area (Å²) in [5, 5.41) is 8.06. The van der Waals surface area contributed by atoms with Gasteiger partial charge in [0.25, 0.3) is 5.91 Å². The van der Waals surface area contributed by atoms with Crippen LogP contribution < -0.4 is 16.0 Å². The van der Waals surface area contributed by atoms with Crippen LogP contribution in [-0.2, 0) is 15.8 Å². The Balaban J connectivity index is 1.38. The molecule has 1 aromatic rings. The van der Waals surface area contributed by atoms with Crippen LogP contribution in [-0.4, -0.2) is 47.9 Å². The quantitative estimate of drug-likeness (QED) is 0.474. The maximum atomic E-state index is 12.7. The third kappa shape index (κ3) is 4.80. The van der Waals surface area contributed by atoms with Crippen molar-refractivity contribution in [3.05, 3.63) is 29.8 Å². The molecule has 0 bridgehead atoms. The van der Waals surface area contributed by atoms with E-state index in [1.165, 1.54) is 17.0 Å². The zero-order chi connectivity index (χ0) is 21.1. The summed E-state index contributed by atoms with van der Waals surface area (Å²) in [7, 11) is 0. The Kier molecular flexibility index (Phi) is 5.99. The van der Waals surface area contributed by atoms with Crippen LogP contribution in [0.1, 0.15) is 37.7 Å². The minimum Gasteiger partial charge on any atom is -0.376 e. The second-order valence-corrected chi connectivity index (χ2v) is 7.31. The molecule has 3 rings (SSSR count). The van der Waals surface area contributed by atoms with Gasteiger partial charge in [-0.15, -0.1) is 0 Å². The first-order valence-corrected chi connectivity index (χ1v) is 9.53. The van der Waals surface area contributed by atoms with Crippen molar-refractivity contribution in [1.29, 1.82) is 0 Å². The van der Waals surface area contributed by atoms with Crippen LogP contribution in [0.2, 0.25) is 0 Å².